The molecule has 0 aliphatic carbocycles. The van der Waals surface area contributed by atoms with Gasteiger partial charge in [0.15, 0.2) is 0 Å². The normalized spacial score (nSPS) is 19.0. The third-order valence-electron chi connectivity index (χ3n) is 4.61. The highest BCUT2D eigenvalue weighted by Gasteiger charge is 2.32. The van der Waals surface area contributed by atoms with E-state index in [1.807, 2.05) is 35.2 Å². The maximum absolute atomic E-state index is 12.5. The molecule has 4 N–H and O–H groups in total. The minimum atomic E-state index is -0.506. The van der Waals surface area contributed by atoms with Crippen LogP contribution in [0.15, 0.2) is 53.3 Å². The van der Waals surface area contributed by atoms with Crippen LogP contribution in [0.2, 0.25) is 0 Å². The standard InChI is InChI=1S/C19H20N6O3/c20-16-7-17(24-11-23-16)25-10-14(26)6-13(25)8-21-18(27)15-9-22-19(28-15)12-4-2-1-3-5-12/h1-5,7,9,11,13-14,26H,6,8,10H2,(H,21,27)(H2,20,23,24)/t13-,14-/m1/s1. The fourth-order valence-electron chi connectivity index (χ4n) is 3.28. The number of anilines is 2. The summed E-state index contributed by atoms with van der Waals surface area (Å²) in [5.41, 5.74) is 6.52. The lowest BCUT2D eigenvalue weighted by Crippen LogP contribution is -2.40. The monoisotopic (exact) mass is 380 g/mol. The molecule has 3 heterocycles. The summed E-state index contributed by atoms with van der Waals surface area (Å²) in [6, 6.07) is 10.9. The van der Waals surface area contributed by atoms with E-state index in [0.717, 1.165) is 5.56 Å². The number of rotatable bonds is 5. The van der Waals surface area contributed by atoms with Crippen LogP contribution in [-0.4, -0.2) is 51.2 Å². The molecule has 0 bridgehead atoms. The number of amides is 1. The van der Waals surface area contributed by atoms with Crippen LogP contribution in [0.5, 0.6) is 0 Å². The molecule has 1 aliphatic heterocycles. The molecule has 4 rings (SSSR count). The number of hydrogen-bond donors (Lipinski definition) is 3. The summed E-state index contributed by atoms with van der Waals surface area (Å²) in [4.78, 5) is 26.6. The van der Waals surface area contributed by atoms with E-state index in [2.05, 4.69) is 20.3 Å². The molecule has 1 fully saturated rings. The number of aromatic nitrogens is 3. The summed E-state index contributed by atoms with van der Waals surface area (Å²) in [6.45, 7) is 0.735. The lowest BCUT2D eigenvalue weighted by molar-refractivity contribution is 0.0923. The fourth-order valence-corrected chi connectivity index (χ4v) is 3.28. The number of nitrogens with two attached hydrogens (primary N) is 1. The summed E-state index contributed by atoms with van der Waals surface area (Å²) in [5, 5.41) is 12.9. The van der Waals surface area contributed by atoms with Crippen LogP contribution in [0.4, 0.5) is 11.6 Å². The zero-order valence-corrected chi connectivity index (χ0v) is 15.0. The van der Waals surface area contributed by atoms with Crippen molar-refractivity contribution >= 4 is 17.5 Å². The maximum atomic E-state index is 12.5. The number of nitrogens with zero attached hydrogens (tertiary/aromatic N) is 4. The second kappa shape index (κ2) is 7.65. The first-order valence-corrected chi connectivity index (χ1v) is 8.92. The van der Waals surface area contributed by atoms with Gasteiger partial charge in [-0.15, -0.1) is 0 Å². The average Bonchev–Trinajstić information content (AvgIpc) is 3.34. The number of oxazole rings is 1. The van der Waals surface area contributed by atoms with E-state index in [9.17, 15) is 9.90 Å². The first-order valence-electron chi connectivity index (χ1n) is 8.92. The number of benzene rings is 1. The molecule has 1 aliphatic rings. The summed E-state index contributed by atoms with van der Waals surface area (Å²) in [6.07, 6.45) is 2.79. The van der Waals surface area contributed by atoms with Gasteiger partial charge in [-0.3, -0.25) is 4.79 Å². The number of carbonyl (C=O) groups excluding carboxylic acids is 1. The summed E-state index contributed by atoms with van der Waals surface area (Å²) in [5.74, 6) is 1.13. The van der Waals surface area contributed by atoms with E-state index in [1.165, 1.54) is 12.5 Å². The van der Waals surface area contributed by atoms with E-state index < -0.39 is 6.10 Å². The van der Waals surface area contributed by atoms with E-state index >= 15 is 0 Å². The predicted molar refractivity (Wildman–Crippen MR) is 102 cm³/mol. The van der Waals surface area contributed by atoms with Gasteiger partial charge < -0.3 is 25.5 Å². The summed E-state index contributed by atoms with van der Waals surface area (Å²) < 4.78 is 5.57. The molecule has 1 aromatic carbocycles. The van der Waals surface area contributed by atoms with Crippen molar-refractivity contribution < 1.29 is 14.3 Å². The van der Waals surface area contributed by atoms with Gasteiger partial charge in [0.2, 0.25) is 11.7 Å². The van der Waals surface area contributed by atoms with E-state index in [4.69, 9.17) is 10.2 Å². The van der Waals surface area contributed by atoms with Crippen LogP contribution in [0.3, 0.4) is 0 Å². The molecule has 0 spiro atoms. The average molecular weight is 380 g/mol. The predicted octanol–water partition coefficient (Wildman–Crippen LogP) is 1.08. The van der Waals surface area contributed by atoms with Gasteiger partial charge in [0.1, 0.15) is 18.0 Å². The highest BCUT2D eigenvalue weighted by Crippen LogP contribution is 2.24. The first-order chi connectivity index (χ1) is 13.6. The van der Waals surface area contributed by atoms with E-state index in [0.29, 0.717) is 37.0 Å². The molecular weight excluding hydrogens is 360 g/mol. The van der Waals surface area contributed by atoms with Gasteiger partial charge in [0, 0.05) is 24.7 Å². The number of aliphatic hydroxyl groups excluding tert-OH is 1. The molecule has 9 nitrogen and oxygen atoms in total. The van der Waals surface area contributed by atoms with Gasteiger partial charge >= 0.3 is 0 Å². The Kier molecular flexibility index (Phi) is 4.90. The minimum absolute atomic E-state index is 0.121. The summed E-state index contributed by atoms with van der Waals surface area (Å²) in [7, 11) is 0. The van der Waals surface area contributed by atoms with Crippen LogP contribution in [0.1, 0.15) is 17.0 Å². The van der Waals surface area contributed by atoms with Crippen molar-refractivity contribution in [3.8, 4) is 11.5 Å². The first kappa shape index (κ1) is 17.9. The zero-order chi connectivity index (χ0) is 19.5. The van der Waals surface area contributed by atoms with Crippen molar-refractivity contribution in [2.75, 3.05) is 23.7 Å². The molecule has 3 aromatic rings. The van der Waals surface area contributed by atoms with Crippen molar-refractivity contribution in [1.82, 2.24) is 20.3 Å². The molecule has 1 saturated heterocycles. The minimum Gasteiger partial charge on any atom is -0.431 e. The highest BCUT2D eigenvalue weighted by molar-refractivity contribution is 5.91. The van der Waals surface area contributed by atoms with Crippen LogP contribution in [-0.2, 0) is 0 Å². The van der Waals surface area contributed by atoms with Gasteiger partial charge in [0.05, 0.1) is 18.3 Å². The molecule has 0 unspecified atom stereocenters. The Labute approximate surface area is 161 Å². The topological polar surface area (TPSA) is 130 Å². The van der Waals surface area contributed by atoms with Gasteiger partial charge in [0.25, 0.3) is 5.91 Å². The second-order valence-corrected chi connectivity index (χ2v) is 6.60. The Morgan fingerprint density at radius 3 is 2.89 bits per heavy atom. The third kappa shape index (κ3) is 3.79. The zero-order valence-electron chi connectivity index (χ0n) is 15.0. The molecule has 0 saturated carbocycles. The van der Waals surface area contributed by atoms with Crippen LogP contribution in [0, 0.1) is 0 Å². The number of hydrogen-bond acceptors (Lipinski definition) is 8. The highest BCUT2D eigenvalue weighted by atomic mass is 16.4. The van der Waals surface area contributed by atoms with E-state index in [1.54, 1.807) is 6.07 Å². The Morgan fingerprint density at radius 1 is 1.29 bits per heavy atom. The van der Waals surface area contributed by atoms with Gasteiger partial charge in [-0.05, 0) is 18.6 Å². The summed E-state index contributed by atoms with van der Waals surface area (Å²) >= 11 is 0. The van der Waals surface area contributed by atoms with Crippen molar-refractivity contribution in [3.63, 3.8) is 0 Å². The van der Waals surface area contributed by atoms with Crippen molar-refractivity contribution in [2.24, 2.45) is 0 Å². The quantitative estimate of drug-likeness (QED) is 0.599. The largest absolute Gasteiger partial charge is 0.431 e. The van der Waals surface area contributed by atoms with Crippen LogP contribution in [0.25, 0.3) is 11.5 Å². The third-order valence-corrected chi connectivity index (χ3v) is 4.61. The van der Waals surface area contributed by atoms with Gasteiger partial charge in [-0.25, -0.2) is 15.0 Å². The smallest absolute Gasteiger partial charge is 0.288 e. The molecular formula is C19H20N6O3. The van der Waals surface area contributed by atoms with Crippen molar-refractivity contribution in [3.05, 3.63) is 54.7 Å². The van der Waals surface area contributed by atoms with Crippen LogP contribution < -0.4 is 16.0 Å². The SMILES string of the molecule is Nc1cc(N2C[C@H](O)C[C@@H]2CNC(=O)c2cnc(-c3ccccc3)o2)ncn1. The Bertz CT molecular complexity index is 961. The Morgan fingerprint density at radius 2 is 2.11 bits per heavy atom. The molecule has 0 radical (unpaired) electrons. The lowest BCUT2D eigenvalue weighted by Gasteiger charge is -2.25. The number of nitrogens with one attached hydrogen (secondary N) is 1. The number of aliphatic hydroxyl groups is 1. The van der Waals surface area contributed by atoms with Crippen molar-refractivity contribution in [1.29, 1.82) is 0 Å². The number of β-amino-alcohol motifs (C(OH)–C–C–N with tert-alkyl or cyclic N) is 1. The number of nitrogen functional groups attached to an aromatic ring is 1. The fraction of sp³-hybridized carbons (Fsp3) is 0.263. The molecule has 1 amide bonds. The molecule has 2 aromatic heterocycles. The maximum Gasteiger partial charge on any atom is 0.288 e. The lowest BCUT2D eigenvalue weighted by atomic mass is 10.2. The van der Waals surface area contributed by atoms with E-state index in [-0.39, 0.29) is 17.7 Å². The molecule has 9 heteroatoms. The molecule has 144 valence electrons. The van der Waals surface area contributed by atoms with Crippen molar-refractivity contribution in [2.45, 2.75) is 18.6 Å². The van der Waals surface area contributed by atoms with Gasteiger partial charge in [-0.2, -0.15) is 0 Å². The number of carbonyl (C=O) groups is 1. The Balaban J connectivity index is 1.42. The second-order valence-electron chi connectivity index (χ2n) is 6.60. The van der Waals surface area contributed by atoms with Gasteiger partial charge in [-0.1, -0.05) is 18.2 Å². The Hall–Kier alpha value is -3.46. The van der Waals surface area contributed by atoms with Crippen LogP contribution >= 0.6 is 0 Å². The molecule has 2 atom stereocenters. The molecule has 28 heavy (non-hydrogen) atoms.